The number of hydrogen-bond acceptors (Lipinski definition) is 5. The van der Waals surface area contributed by atoms with Crippen LogP contribution in [0.2, 0.25) is 0 Å². The molecule has 1 fully saturated rings. The Morgan fingerprint density at radius 2 is 1.96 bits per heavy atom. The van der Waals surface area contributed by atoms with Crippen LogP contribution in [-0.4, -0.2) is 48.5 Å². The van der Waals surface area contributed by atoms with Crippen molar-refractivity contribution in [1.82, 2.24) is 9.88 Å². The Bertz CT molecular complexity index is 789. The molecule has 1 saturated heterocycles. The van der Waals surface area contributed by atoms with E-state index in [2.05, 4.69) is 27.0 Å². The Kier molecular flexibility index (Phi) is 5.82. The van der Waals surface area contributed by atoms with E-state index < -0.39 is 0 Å². The lowest BCUT2D eigenvalue weighted by Gasteiger charge is -2.35. The van der Waals surface area contributed by atoms with Crippen molar-refractivity contribution in [1.29, 1.82) is 5.26 Å². The normalized spacial score (nSPS) is 14.7. The molecule has 1 aromatic carbocycles. The van der Waals surface area contributed by atoms with Crippen LogP contribution in [-0.2, 0) is 11.2 Å². The molecule has 134 valence electrons. The van der Waals surface area contributed by atoms with E-state index >= 15 is 0 Å². The van der Waals surface area contributed by atoms with E-state index in [9.17, 15) is 4.79 Å². The monoisotopic (exact) mass is 349 g/mol. The zero-order valence-electron chi connectivity index (χ0n) is 15.0. The predicted molar refractivity (Wildman–Crippen MR) is 102 cm³/mol. The fraction of sp³-hybridized carbons (Fsp3) is 0.350. The maximum Gasteiger partial charge on any atom is 0.238 e. The standard InChI is InChI=1S/C20H23N5O/c1-2-16-5-3-4-6-19(16)23-20(26)15-24-9-11-25(12-10-24)18-8-7-17(13-21)22-14-18/h3-8,14H,2,9-12,15H2,1H3,(H,23,26). The number of carbonyl (C=O) groups excluding carboxylic acids is 1. The third-order valence-corrected chi connectivity index (χ3v) is 4.64. The lowest BCUT2D eigenvalue weighted by Crippen LogP contribution is -2.48. The van der Waals surface area contributed by atoms with Crippen molar-refractivity contribution < 1.29 is 4.79 Å². The van der Waals surface area contributed by atoms with E-state index in [1.165, 1.54) is 0 Å². The first-order valence-electron chi connectivity index (χ1n) is 8.91. The van der Waals surface area contributed by atoms with Gasteiger partial charge in [-0.2, -0.15) is 5.26 Å². The minimum atomic E-state index is 0.0272. The van der Waals surface area contributed by atoms with Crippen LogP contribution >= 0.6 is 0 Å². The summed E-state index contributed by atoms with van der Waals surface area (Å²) in [6.45, 7) is 5.81. The zero-order valence-corrected chi connectivity index (χ0v) is 15.0. The summed E-state index contributed by atoms with van der Waals surface area (Å²) >= 11 is 0. The summed E-state index contributed by atoms with van der Waals surface area (Å²) in [6, 6.07) is 13.6. The summed E-state index contributed by atoms with van der Waals surface area (Å²) in [4.78, 5) is 20.9. The van der Waals surface area contributed by atoms with Crippen molar-refractivity contribution in [3.8, 4) is 6.07 Å². The average Bonchev–Trinajstić information content (AvgIpc) is 2.69. The number of nitriles is 1. The fourth-order valence-electron chi connectivity index (χ4n) is 3.15. The van der Waals surface area contributed by atoms with Gasteiger partial charge in [0.15, 0.2) is 0 Å². The SMILES string of the molecule is CCc1ccccc1NC(=O)CN1CCN(c2ccc(C#N)nc2)CC1. The molecule has 1 aliphatic rings. The van der Waals surface area contributed by atoms with Gasteiger partial charge in [-0.05, 0) is 30.2 Å². The molecule has 3 rings (SSSR count). The van der Waals surface area contributed by atoms with Gasteiger partial charge in [-0.15, -0.1) is 0 Å². The number of nitrogens with one attached hydrogen (secondary N) is 1. The maximum absolute atomic E-state index is 12.4. The van der Waals surface area contributed by atoms with Gasteiger partial charge in [0, 0.05) is 31.9 Å². The number of aryl methyl sites for hydroxylation is 1. The molecule has 1 amide bonds. The second kappa shape index (κ2) is 8.45. The topological polar surface area (TPSA) is 72.3 Å². The Morgan fingerprint density at radius 1 is 1.19 bits per heavy atom. The molecule has 26 heavy (non-hydrogen) atoms. The Balaban J connectivity index is 1.50. The molecule has 0 saturated carbocycles. The molecule has 1 N–H and O–H groups in total. The molecule has 0 aliphatic carbocycles. The van der Waals surface area contributed by atoms with E-state index in [0.717, 1.165) is 49.5 Å². The number of amides is 1. The van der Waals surface area contributed by atoms with Gasteiger partial charge in [-0.1, -0.05) is 25.1 Å². The highest BCUT2D eigenvalue weighted by atomic mass is 16.2. The molecule has 2 aromatic rings. The summed E-state index contributed by atoms with van der Waals surface area (Å²) < 4.78 is 0. The Hall–Kier alpha value is -2.91. The number of benzene rings is 1. The zero-order chi connectivity index (χ0) is 18.4. The van der Waals surface area contributed by atoms with Crippen molar-refractivity contribution in [2.75, 3.05) is 42.9 Å². The van der Waals surface area contributed by atoms with Crippen LogP contribution in [0.1, 0.15) is 18.2 Å². The molecule has 0 unspecified atom stereocenters. The lowest BCUT2D eigenvalue weighted by atomic mass is 10.1. The second-order valence-corrected chi connectivity index (χ2v) is 6.34. The molecule has 1 aliphatic heterocycles. The van der Waals surface area contributed by atoms with Gasteiger partial charge in [0.2, 0.25) is 5.91 Å². The van der Waals surface area contributed by atoms with Gasteiger partial charge in [0.05, 0.1) is 18.4 Å². The summed E-state index contributed by atoms with van der Waals surface area (Å²) in [7, 11) is 0. The summed E-state index contributed by atoms with van der Waals surface area (Å²) in [6.07, 6.45) is 2.64. The largest absolute Gasteiger partial charge is 0.368 e. The fourth-order valence-corrected chi connectivity index (χ4v) is 3.15. The first-order chi connectivity index (χ1) is 12.7. The van der Waals surface area contributed by atoms with Crippen LogP contribution in [0.25, 0.3) is 0 Å². The molecule has 6 heteroatoms. The van der Waals surface area contributed by atoms with E-state index in [4.69, 9.17) is 5.26 Å². The van der Waals surface area contributed by atoms with Crippen LogP contribution in [0.5, 0.6) is 0 Å². The number of pyridine rings is 1. The van der Waals surface area contributed by atoms with Gasteiger partial charge in [-0.25, -0.2) is 4.98 Å². The van der Waals surface area contributed by atoms with Crippen molar-refractivity contribution in [3.63, 3.8) is 0 Å². The Morgan fingerprint density at radius 3 is 2.62 bits per heavy atom. The van der Waals surface area contributed by atoms with Crippen molar-refractivity contribution in [2.45, 2.75) is 13.3 Å². The second-order valence-electron chi connectivity index (χ2n) is 6.34. The van der Waals surface area contributed by atoms with Crippen LogP contribution in [0.3, 0.4) is 0 Å². The van der Waals surface area contributed by atoms with E-state index in [1.54, 1.807) is 12.3 Å². The van der Waals surface area contributed by atoms with Crippen LogP contribution in [0, 0.1) is 11.3 Å². The number of anilines is 2. The average molecular weight is 349 g/mol. The number of carbonyl (C=O) groups is 1. The smallest absolute Gasteiger partial charge is 0.238 e. The van der Waals surface area contributed by atoms with Gasteiger partial charge in [0.1, 0.15) is 11.8 Å². The van der Waals surface area contributed by atoms with Crippen LogP contribution in [0.15, 0.2) is 42.6 Å². The molecule has 6 nitrogen and oxygen atoms in total. The highest BCUT2D eigenvalue weighted by Crippen LogP contribution is 2.17. The highest BCUT2D eigenvalue weighted by molar-refractivity contribution is 5.93. The maximum atomic E-state index is 12.4. The van der Waals surface area contributed by atoms with Gasteiger partial charge in [-0.3, -0.25) is 9.69 Å². The van der Waals surface area contributed by atoms with Gasteiger partial charge >= 0.3 is 0 Å². The van der Waals surface area contributed by atoms with E-state index in [-0.39, 0.29) is 5.91 Å². The first-order valence-corrected chi connectivity index (χ1v) is 8.91. The number of rotatable bonds is 5. The van der Waals surface area contributed by atoms with E-state index in [0.29, 0.717) is 12.2 Å². The molecular formula is C20H23N5O. The number of piperazine rings is 1. The molecular weight excluding hydrogens is 326 g/mol. The molecule has 0 bridgehead atoms. The molecule has 0 spiro atoms. The summed E-state index contributed by atoms with van der Waals surface area (Å²) in [5, 5.41) is 11.9. The molecule has 0 radical (unpaired) electrons. The van der Waals surface area contributed by atoms with Gasteiger partial charge < -0.3 is 10.2 Å². The minimum Gasteiger partial charge on any atom is -0.368 e. The van der Waals surface area contributed by atoms with Crippen molar-refractivity contribution in [2.24, 2.45) is 0 Å². The first kappa shape index (κ1) is 17.9. The molecule has 1 aromatic heterocycles. The summed E-state index contributed by atoms with van der Waals surface area (Å²) in [5.74, 6) is 0.0272. The van der Waals surface area contributed by atoms with Crippen molar-refractivity contribution >= 4 is 17.3 Å². The lowest BCUT2D eigenvalue weighted by molar-refractivity contribution is -0.117. The van der Waals surface area contributed by atoms with Gasteiger partial charge in [0.25, 0.3) is 0 Å². The highest BCUT2D eigenvalue weighted by Gasteiger charge is 2.19. The van der Waals surface area contributed by atoms with Crippen molar-refractivity contribution in [3.05, 3.63) is 53.9 Å². The summed E-state index contributed by atoms with van der Waals surface area (Å²) in [5.41, 5.74) is 3.50. The Labute approximate surface area is 154 Å². The number of hydrogen-bond donors (Lipinski definition) is 1. The predicted octanol–water partition coefficient (Wildman–Crippen LogP) is 2.28. The minimum absolute atomic E-state index is 0.0272. The number of nitrogens with zero attached hydrogens (tertiary/aromatic N) is 4. The van der Waals surface area contributed by atoms with E-state index in [1.807, 2.05) is 36.4 Å². The molecule has 2 heterocycles. The number of aromatic nitrogens is 1. The third kappa shape index (κ3) is 4.38. The third-order valence-electron chi connectivity index (χ3n) is 4.64. The number of para-hydroxylation sites is 1. The van der Waals surface area contributed by atoms with Crippen LogP contribution < -0.4 is 10.2 Å². The quantitative estimate of drug-likeness (QED) is 0.896. The van der Waals surface area contributed by atoms with Crippen LogP contribution in [0.4, 0.5) is 11.4 Å². The molecule has 0 atom stereocenters.